The van der Waals surface area contributed by atoms with Gasteiger partial charge in [0, 0.05) is 17.6 Å². The van der Waals surface area contributed by atoms with Gasteiger partial charge >= 0.3 is 0 Å². The van der Waals surface area contributed by atoms with Crippen LogP contribution in [0.4, 0.5) is 17.5 Å². The topological polar surface area (TPSA) is 132 Å². The van der Waals surface area contributed by atoms with Gasteiger partial charge < -0.3 is 10.2 Å². The molecule has 0 aliphatic carbocycles. The van der Waals surface area contributed by atoms with E-state index in [9.17, 15) is 8.42 Å². The molecule has 0 bridgehead atoms. The van der Waals surface area contributed by atoms with Crippen molar-refractivity contribution in [1.29, 1.82) is 0 Å². The van der Waals surface area contributed by atoms with Crippen LogP contribution >= 0.6 is 15.9 Å². The van der Waals surface area contributed by atoms with Crippen molar-refractivity contribution in [2.24, 2.45) is 10.1 Å². The SMILES string of the molecule is CONC(C)C(C)=Nc1nc(Nc2ccc(S(N)(=O)=O)cc2)ncc1Br. The Morgan fingerprint density at radius 2 is 2.00 bits per heavy atom. The lowest BCUT2D eigenvalue weighted by atomic mass is 10.2. The van der Waals surface area contributed by atoms with Crippen LogP contribution in [0, 0.1) is 0 Å². The average molecular weight is 443 g/mol. The minimum absolute atomic E-state index is 0.0281. The smallest absolute Gasteiger partial charge is 0.238 e. The Morgan fingerprint density at radius 3 is 2.58 bits per heavy atom. The second-order valence-electron chi connectivity index (χ2n) is 5.36. The van der Waals surface area contributed by atoms with Crippen molar-refractivity contribution in [3.05, 3.63) is 34.9 Å². The summed E-state index contributed by atoms with van der Waals surface area (Å²) in [6.45, 7) is 3.76. The van der Waals surface area contributed by atoms with E-state index in [-0.39, 0.29) is 10.9 Å². The summed E-state index contributed by atoms with van der Waals surface area (Å²) < 4.78 is 23.2. The lowest BCUT2D eigenvalue weighted by molar-refractivity contribution is 0.0827. The molecule has 0 saturated heterocycles. The number of sulfonamides is 1. The summed E-state index contributed by atoms with van der Waals surface area (Å²) in [5.74, 6) is 0.765. The zero-order valence-corrected chi connectivity index (χ0v) is 16.8. The Bertz CT molecular complexity index is 902. The summed E-state index contributed by atoms with van der Waals surface area (Å²) in [6, 6.07) is 5.85. The standard InChI is InChI=1S/C15H19BrN6O3S/c1-9(10(2)22-25-3)19-14-13(16)8-18-15(21-14)20-11-4-6-12(7-5-11)26(17,23)24/h4-8,10,22H,1-3H3,(H2,17,23,24)(H,18,20,21). The first kappa shape index (κ1) is 20.4. The summed E-state index contributed by atoms with van der Waals surface area (Å²) in [5, 5.41) is 8.07. The average Bonchev–Trinajstić information content (AvgIpc) is 2.57. The second-order valence-corrected chi connectivity index (χ2v) is 7.77. The Labute approximate surface area is 160 Å². The highest BCUT2D eigenvalue weighted by Gasteiger charge is 2.10. The quantitative estimate of drug-likeness (QED) is 0.442. The summed E-state index contributed by atoms with van der Waals surface area (Å²) in [6.07, 6.45) is 1.58. The molecule has 1 heterocycles. The van der Waals surface area contributed by atoms with Gasteiger partial charge in [-0.25, -0.2) is 23.5 Å². The number of anilines is 2. The number of aliphatic imine (C=N–C) groups is 1. The van der Waals surface area contributed by atoms with Crippen LogP contribution in [0.3, 0.4) is 0 Å². The molecule has 1 aromatic carbocycles. The number of nitrogens with one attached hydrogen (secondary N) is 2. The number of nitrogens with zero attached hydrogens (tertiary/aromatic N) is 3. The molecule has 9 nitrogen and oxygen atoms in total. The summed E-state index contributed by atoms with van der Waals surface area (Å²) in [5.41, 5.74) is 4.18. The van der Waals surface area contributed by atoms with Gasteiger partial charge in [-0.05, 0) is 54.0 Å². The zero-order valence-electron chi connectivity index (χ0n) is 14.4. The van der Waals surface area contributed by atoms with E-state index in [0.29, 0.717) is 21.9 Å². The van der Waals surface area contributed by atoms with E-state index in [2.05, 4.69) is 41.7 Å². The highest BCUT2D eigenvalue weighted by atomic mass is 79.9. The van der Waals surface area contributed by atoms with Crippen molar-refractivity contribution in [3.8, 4) is 0 Å². The van der Waals surface area contributed by atoms with E-state index >= 15 is 0 Å². The van der Waals surface area contributed by atoms with Crippen LogP contribution in [0.15, 0.2) is 44.8 Å². The monoisotopic (exact) mass is 442 g/mol. The van der Waals surface area contributed by atoms with Gasteiger partial charge in [0.05, 0.1) is 22.5 Å². The van der Waals surface area contributed by atoms with Crippen LogP contribution < -0.4 is 15.9 Å². The third-order valence-electron chi connectivity index (χ3n) is 3.37. The van der Waals surface area contributed by atoms with Crippen LogP contribution in [0.2, 0.25) is 0 Å². The van der Waals surface area contributed by atoms with Crippen LogP contribution in [0.1, 0.15) is 13.8 Å². The maximum atomic E-state index is 11.3. The van der Waals surface area contributed by atoms with Crippen LogP contribution in [0.5, 0.6) is 0 Å². The van der Waals surface area contributed by atoms with Crippen molar-refractivity contribution in [1.82, 2.24) is 15.4 Å². The third-order valence-corrected chi connectivity index (χ3v) is 4.86. The molecule has 2 aromatic rings. The van der Waals surface area contributed by atoms with Crippen LogP contribution in [-0.2, 0) is 14.9 Å². The van der Waals surface area contributed by atoms with Crippen molar-refractivity contribution >= 4 is 49.1 Å². The number of aromatic nitrogens is 2. The molecule has 0 radical (unpaired) electrons. The largest absolute Gasteiger partial charge is 0.324 e. The number of benzene rings is 1. The Balaban J connectivity index is 2.23. The maximum Gasteiger partial charge on any atom is 0.238 e. The van der Waals surface area contributed by atoms with Crippen LogP contribution in [-0.4, -0.2) is 37.2 Å². The zero-order chi connectivity index (χ0) is 19.3. The van der Waals surface area contributed by atoms with E-state index in [0.717, 1.165) is 5.71 Å². The van der Waals surface area contributed by atoms with Gasteiger partial charge in [-0.1, -0.05) is 0 Å². The van der Waals surface area contributed by atoms with Crippen molar-refractivity contribution in [3.63, 3.8) is 0 Å². The van der Waals surface area contributed by atoms with Gasteiger partial charge in [0.15, 0.2) is 5.82 Å². The number of rotatable bonds is 7. The number of nitrogens with two attached hydrogens (primary N) is 1. The van der Waals surface area contributed by atoms with Gasteiger partial charge in [0.1, 0.15) is 0 Å². The lowest BCUT2D eigenvalue weighted by Gasteiger charge is -2.12. The number of hydroxylamine groups is 1. The minimum Gasteiger partial charge on any atom is -0.324 e. The van der Waals surface area contributed by atoms with Crippen molar-refractivity contribution < 1.29 is 13.3 Å². The molecule has 2 rings (SSSR count). The molecule has 1 aromatic heterocycles. The molecular weight excluding hydrogens is 424 g/mol. The summed E-state index contributed by atoms with van der Waals surface area (Å²) >= 11 is 3.37. The normalized spacial score (nSPS) is 13.5. The number of hydrogen-bond donors (Lipinski definition) is 3. The highest BCUT2D eigenvalue weighted by Crippen LogP contribution is 2.25. The molecule has 0 fully saturated rings. The molecule has 0 spiro atoms. The molecule has 1 unspecified atom stereocenters. The van der Waals surface area contributed by atoms with Gasteiger partial charge in [-0.3, -0.25) is 0 Å². The number of halogens is 1. The second kappa shape index (κ2) is 8.64. The van der Waals surface area contributed by atoms with E-state index in [1.807, 2.05) is 13.8 Å². The molecule has 0 amide bonds. The number of hydrogen-bond acceptors (Lipinski definition) is 8. The summed E-state index contributed by atoms with van der Waals surface area (Å²) in [7, 11) is -2.20. The highest BCUT2D eigenvalue weighted by molar-refractivity contribution is 9.10. The van der Waals surface area contributed by atoms with Gasteiger partial charge in [-0.2, -0.15) is 10.5 Å². The Morgan fingerprint density at radius 1 is 1.35 bits per heavy atom. The molecule has 0 aliphatic rings. The van der Waals surface area contributed by atoms with E-state index in [4.69, 9.17) is 9.98 Å². The van der Waals surface area contributed by atoms with Gasteiger partial charge in [0.2, 0.25) is 16.0 Å². The van der Waals surface area contributed by atoms with E-state index < -0.39 is 10.0 Å². The first-order chi connectivity index (χ1) is 12.2. The lowest BCUT2D eigenvalue weighted by Crippen LogP contribution is -2.31. The third kappa shape index (κ3) is 5.54. The predicted octanol–water partition coefficient (Wildman–Crippen LogP) is 2.26. The fraction of sp³-hybridized carbons (Fsp3) is 0.267. The predicted molar refractivity (Wildman–Crippen MR) is 103 cm³/mol. The molecular formula is C15H19BrN6O3S. The molecule has 1 atom stereocenters. The molecule has 26 heavy (non-hydrogen) atoms. The molecule has 0 aliphatic heterocycles. The van der Waals surface area contributed by atoms with Gasteiger partial charge in [-0.15, -0.1) is 0 Å². The molecule has 140 valence electrons. The van der Waals surface area contributed by atoms with E-state index in [1.54, 1.807) is 18.3 Å². The summed E-state index contributed by atoms with van der Waals surface area (Å²) in [4.78, 5) is 17.9. The maximum absolute atomic E-state index is 11.3. The van der Waals surface area contributed by atoms with Crippen LogP contribution in [0.25, 0.3) is 0 Å². The van der Waals surface area contributed by atoms with Gasteiger partial charge in [0.25, 0.3) is 0 Å². The first-order valence-electron chi connectivity index (χ1n) is 7.47. The van der Waals surface area contributed by atoms with Crippen molar-refractivity contribution in [2.45, 2.75) is 24.8 Å². The van der Waals surface area contributed by atoms with Crippen molar-refractivity contribution in [2.75, 3.05) is 12.4 Å². The Kier molecular flexibility index (Phi) is 6.78. The molecule has 0 saturated carbocycles. The fourth-order valence-corrected chi connectivity index (χ4v) is 2.67. The Hall–Kier alpha value is -1.92. The molecule has 11 heteroatoms. The fourth-order valence-electron chi connectivity index (χ4n) is 1.88. The molecule has 4 N–H and O–H groups in total. The number of primary sulfonamides is 1. The minimum atomic E-state index is -3.73. The first-order valence-corrected chi connectivity index (χ1v) is 9.80. The van der Waals surface area contributed by atoms with E-state index in [1.165, 1.54) is 19.2 Å².